The number of pyridine rings is 1. The van der Waals surface area contributed by atoms with Gasteiger partial charge in [-0.2, -0.15) is 0 Å². The monoisotopic (exact) mass is 643 g/mol. The molecule has 1 aromatic heterocycles. The SMILES string of the molecule is COc1cc2nccc(Oc3ccc(NC(=O)Nc4ccc(N(C)C5CCN(C)CC5)c(OC(F)(F)F)c4)c(F)c3)c2cc1OC. The van der Waals surface area contributed by atoms with E-state index in [2.05, 4.69) is 25.3 Å². The zero-order chi connectivity index (χ0) is 33.0. The lowest BCUT2D eigenvalue weighted by Gasteiger charge is -2.37. The van der Waals surface area contributed by atoms with Crippen molar-refractivity contribution in [2.75, 3.05) is 56.9 Å². The molecule has 4 aromatic rings. The molecule has 0 spiro atoms. The van der Waals surface area contributed by atoms with Crippen LogP contribution in [0.4, 0.5) is 39.4 Å². The van der Waals surface area contributed by atoms with Gasteiger partial charge in [-0.3, -0.25) is 4.98 Å². The topological polar surface area (TPSA) is 97.4 Å². The molecule has 1 aliphatic rings. The highest BCUT2D eigenvalue weighted by atomic mass is 19.4. The number of piperidine rings is 1. The van der Waals surface area contributed by atoms with Crippen molar-refractivity contribution in [3.63, 3.8) is 0 Å². The smallest absolute Gasteiger partial charge is 0.493 e. The van der Waals surface area contributed by atoms with Gasteiger partial charge in [0.25, 0.3) is 0 Å². The highest BCUT2D eigenvalue weighted by Crippen LogP contribution is 2.39. The molecule has 0 bridgehead atoms. The number of hydrogen-bond acceptors (Lipinski definition) is 8. The summed E-state index contributed by atoms with van der Waals surface area (Å²) in [4.78, 5) is 21.0. The van der Waals surface area contributed by atoms with Crippen molar-refractivity contribution in [2.24, 2.45) is 0 Å². The van der Waals surface area contributed by atoms with E-state index in [9.17, 15) is 18.0 Å². The molecule has 2 amide bonds. The number of carbonyl (C=O) groups excluding carboxylic acids is 1. The van der Waals surface area contributed by atoms with Gasteiger partial charge in [0.2, 0.25) is 0 Å². The molecular formula is C32H33F4N5O5. The molecule has 14 heteroatoms. The van der Waals surface area contributed by atoms with E-state index in [4.69, 9.17) is 14.2 Å². The Kier molecular flexibility index (Phi) is 9.56. The maximum Gasteiger partial charge on any atom is 0.573 e. The van der Waals surface area contributed by atoms with E-state index in [0.29, 0.717) is 28.2 Å². The normalized spacial score (nSPS) is 14.1. The number of halogens is 4. The Hall–Kier alpha value is -4.98. The zero-order valence-corrected chi connectivity index (χ0v) is 25.6. The van der Waals surface area contributed by atoms with Crippen molar-refractivity contribution >= 4 is 34.0 Å². The second-order valence-electron chi connectivity index (χ2n) is 10.7. The number of urea groups is 1. The van der Waals surface area contributed by atoms with Gasteiger partial charge < -0.3 is 39.4 Å². The number of hydrogen-bond donors (Lipinski definition) is 2. The number of nitrogens with one attached hydrogen (secondary N) is 2. The van der Waals surface area contributed by atoms with E-state index < -0.39 is 24.0 Å². The van der Waals surface area contributed by atoms with E-state index in [-0.39, 0.29) is 28.9 Å². The number of fused-ring (bicyclic) bond motifs is 1. The van der Waals surface area contributed by atoms with Gasteiger partial charge in [0.1, 0.15) is 17.3 Å². The van der Waals surface area contributed by atoms with E-state index in [1.54, 1.807) is 30.1 Å². The minimum Gasteiger partial charge on any atom is -0.493 e. The van der Waals surface area contributed by atoms with Gasteiger partial charge in [0.15, 0.2) is 17.2 Å². The summed E-state index contributed by atoms with van der Waals surface area (Å²) in [6.07, 6.45) is -1.86. The number of methoxy groups -OCH3 is 2. The molecule has 1 fully saturated rings. The maximum atomic E-state index is 15.1. The number of alkyl halides is 3. The fourth-order valence-electron chi connectivity index (χ4n) is 5.28. The summed E-state index contributed by atoms with van der Waals surface area (Å²) in [5, 5.41) is 5.41. The number of rotatable bonds is 9. The summed E-state index contributed by atoms with van der Waals surface area (Å²) in [5.41, 5.74) is 0.644. The average Bonchev–Trinajstić information content (AvgIpc) is 3.01. The number of benzene rings is 3. The number of amides is 2. The highest BCUT2D eigenvalue weighted by molar-refractivity contribution is 6.00. The lowest BCUT2D eigenvalue weighted by molar-refractivity contribution is -0.274. The molecule has 10 nitrogen and oxygen atoms in total. The van der Waals surface area contributed by atoms with E-state index in [1.807, 2.05) is 7.05 Å². The van der Waals surface area contributed by atoms with Crippen LogP contribution in [0, 0.1) is 5.82 Å². The van der Waals surface area contributed by atoms with Crippen molar-refractivity contribution in [1.82, 2.24) is 9.88 Å². The number of carbonyl (C=O) groups is 1. The van der Waals surface area contributed by atoms with E-state index in [0.717, 1.165) is 38.1 Å². The van der Waals surface area contributed by atoms with E-state index in [1.165, 1.54) is 44.7 Å². The Morgan fingerprint density at radius 1 is 0.935 bits per heavy atom. The Bertz CT molecular complexity index is 1710. The molecule has 2 heterocycles. The molecule has 0 unspecified atom stereocenters. The first-order valence-electron chi connectivity index (χ1n) is 14.3. The van der Waals surface area contributed by atoms with Crippen LogP contribution in [-0.4, -0.2) is 69.7 Å². The van der Waals surface area contributed by atoms with Crippen LogP contribution in [0.5, 0.6) is 28.7 Å². The summed E-state index contributed by atoms with van der Waals surface area (Å²) in [5.74, 6) is 0.204. The van der Waals surface area contributed by atoms with E-state index >= 15 is 4.39 Å². The number of ether oxygens (including phenoxy) is 4. The highest BCUT2D eigenvalue weighted by Gasteiger charge is 2.34. The van der Waals surface area contributed by atoms with Gasteiger partial charge in [0, 0.05) is 48.6 Å². The first kappa shape index (κ1) is 32.4. The van der Waals surface area contributed by atoms with Crippen molar-refractivity contribution in [3.8, 4) is 28.7 Å². The molecule has 0 aliphatic carbocycles. The predicted octanol–water partition coefficient (Wildman–Crippen LogP) is 7.26. The Labute approximate surface area is 262 Å². The Morgan fingerprint density at radius 3 is 2.33 bits per heavy atom. The van der Waals surface area contributed by atoms with Crippen molar-refractivity contribution in [2.45, 2.75) is 25.2 Å². The summed E-state index contributed by atoms with van der Waals surface area (Å²) in [7, 11) is 6.72. The summed E-state index contributed by atoms with van der Waals surface area (Å²) in [6, 6.07) is 12.0. The van der Waals surface area contributed by atoms with Crippen LogP contribution >= 0.6 is 0 Å². The molecule has 1 saturated heterocycles. The van der Waals surface area contributed by atoms with Gasteiger partial charge >= 0.3 is 12.4 Å². The minimum atomic E-state index is -4.95. The Morgan fingerprint density at radius 2 is 1.65 bits per heavy atom. The molecule has 3 aromatic carbocycles. The predicted molar refractivity (Wildman–Crippen MR) is 166 cm³/mol. The average molecular weight is 644 g/mol. The molecule has 0 atom stereocenters. The molecule has 244 valence electrons. The molecule has 2 N–H and O–H groups in total. The minimum absolute atomic E-state index is 0.0208. The second kappa shape index (κ2) is 13.6. The number of aromatic nitrogens is 1. The molecule has 0 radical (unpaired) electrons. The van der Waals surface area contributed by atoms with Gasteiger partial charge in [0.05, 0.1) is 31.1 Å². The van der Waals surface area contributed by atoms with Gasteiger partial charge in [-0.15, -0.1) is 13.2 Å². The van der Waals surface area contributed by atoms with Gasteiger partial charge in [-0.05, 0) is 69.4 Å². The standard InChI is InChI=1S/C32H33F4N5O5/c1-40-13-10-20(11-14-40)41(2)26-8-5-19(15-28(26)46-32(34,35)36)38-31(42)39-24-7-6-21(16-23(24)33)45-27-9-12-37-25-18-30(44-4)29(43-3)17-22(25)27/h5-9,12,15-18,20H,10-11,13-14H2,1-4H3,(H2,38,39,42). The quantitative estimate of drug-likeness (QED) is 0.184. The lowest BCUT2D eigenvalue weighted by Crippen LogP contribution is -2.42. The van der Waals surface area contributed by atoms with Crippen molar-refractivity contribution in [1.29, 1.82) is 0 Å². The lowest BCUT2D eigenvalue weighted by atomic mass is 10.0. The van der Waals surface area contributed by atoms with Crippen LogP contribution < -0.4 is 34.5 Å². The molecule has 1 aliphatic heterocycles. The number of likely N-dealkylation sites (tertiary alicyclic amines) is 1. The van der Waals surface area contributed by atoms with Crippen LogP contribution in [0.15, 0.2) is 60.8 Å². The zero-order valence-electron chi connectivity index (χ0n) is 25.6. The molecule has 5 rings (SSSR count). The fraction of sp³-hybridized carbons (Fsp3) is 0.312. The maximum absolute atomic E-state index is 15.1. The van der Waals surface area contributed by atoms with Crippen molar-refractivity contribution < 1.29 is 41.3 Å². The number of nitrogens with zero attached hydrogens (tertiary/aromatic N) is 3. The Balaban J connectivity index is 1.29. The van der Waals surface area contributed by atoms with Crippen LogP contribution in [0.1, 0.15) is 12.8 Å². The summed E-state index contributed by atoms with van der Waals surface area (Å²) in [6.45, 7) is 1.64. The third kappa shape index (κ3) is 7.62. The third-order valence-corrected chi connectivity index (χ3v) is 7.68. The van der Waals surface area contributed by atoms with Crippen LogP contribution in [-0.2, 0) is 0 Å². The number of anilines is 3. The fourth-order valence-corrected chi connectivity index (χ4v) is 5.28. The van der Waals surface area contributed by atoms with Crippen molar-refractivity contribution in [3.05, 3.63) is 66.6 Å². The summed E-state index contributed by atoms with van der Waals surface area (Å²) < 4.78 is 75.9. The second-order valence-corrected chi connectivity index (χ2v) is 10.7. The molecular weight excluding hydrogens is 610 g/mol. The molecule has 46 heavy (non-hydrogen) atoms. The van der Waals surface area contributed by atoms with Crippen LogP contribution in [0.2, 0.25) is 0 Å². The first-order valence-corrected chi connectivity index (χ1v) is 14.3. The van der Waals surface area contributed by atoms with Crippen LogP contribution in [0.25, 0.3) is 10.9 Å². The summed E-state index contributed by atoms with van der Waals surface area (Å²) >= 11 is 0. The largest absolute Gasteiger partial charge is 0.573 e. The van der Waals surface area contributed by atoms with Gasteiger partial charge in [-0.1, -0.05) is 0 Å². The first-order chi connectivity index (χ1) is 21.9. The van der Waals surface area contributed by atoms with Gasteiger partial charge in [-0.25, -0.2) is 9.18 Å². The van der Waals surface area contributed by atoms with Crippen LogP contribution in [0.3, 0.4) is 0 Å². The molecule has 0 saturated carbocycles. The third-order valence-electron chi connectivity index (χ3n) is 7.68.